The van der Waals surface area contributed by atoms with Crippen LogP contribution in [-0.2, 0) is 19.6 Å². The second-order valence-corrected chi connectivity index (χ2v) is 8.77. The van der Waals surface area contributed by atoms with Crippen LogP contribution in [0.25, 0.3) is 0 Å². The first-order chi connectivity index (χ1) is 13.8. The van der Waals surface area contributed by atoms with Crippen molar-refractivity contribution >= 4 is 33.2 Å². The summed E-state index contributed by atoms with van der Waals surface area (Å²) in [7, 11) is -2.43. The van der Waals surface area contributed by atoms with Gasteiger partial charge in [-0.15, -0.1) is 0 Å². The molecule has 0 saturated carbocycles. The molecule has 1 amide bonds. The van der Waals surface area contributed by atoms with E-state index in [0.717, 1.165) is 0 Å². The summed E-state index contributed by atoms with van der Waals surface area (Å²) in [6.07, 6.45) is 2.12. The standard InChI is InChI=1S/C19H22ClN3O5S/c1-13(15-6-3-4-7-21-15)23(8-5-9-27-2)29(25,26)18-11-17-16(10-14(18)20)22-19(24)12-28-17/h3-4,6-7,10-11,13H,5,8-9,12H2,1-2H3,(H,22,24)/t13-/m1/s1. The predicted octanol–water partition coefficient (Wildman–Crippen LogP) is 2.85. The van der Waals surface area contributed by atoms with Gasteiger partial charge in [-0.05, 0) is 31.5 Å². The molecule has 0 saturated heterocycles. The Morgan fingerprint density at radius 1 is 1.38 bits per heavy atom. The number of pyridine rings is 1. The Labute approximate surface area is 174 Å². The van der Waals surface area contributed by atoms with Crippen LogP contribution in [0.15, 0.2) is 41.4 Å². The maximum absolute atomic E-state index is 13.5. The second kappa shape index (κ2) is 9.08. The zero-order valence-electron chi connectivity index (χ0n) is 16.1. The van der Waals surface area contributed by atoms with Crippen molar-refractivity contribution < 1.29 is 22.7 Å². The van der Waals surface area contributed by atoms with E-state index in [-0.39, 0.29) is 34.7 Å². The summed E-state index contributed by atoms with van der Waals surface area (Å²) < 4.78 is 38.9. The van der Waals surface area contributed by atoms with Crippen molar-refractivity contribution in [3.05, 3.63) is 47.2 Å². The van der Waals surface area contributed by atoms with Crippen LogP contribution in [0.5, 0.6) is 5.75 Å². The molecule has 2 aromatic rings. The minimum absolute atomic E-state index is 0.000451. The van der Waals surface area contributed by atoms with Gasteiger partial charge in [0.2, 0.25) is 10.0 Å². The summed E-state index contributed by atoms with van der Waals surface area (Å²) in [6.45, 7) is 2.22. The highest BCUT2D eigenvalue weighted by molar-refractivity contribution is 7.89. The Hall–Kier alpha value is -2.20. The van der Waals surface area contributed by atoms with Crippen LogP contribution in [0.1, 0.15) is 25.1 Å². The quantitative estimate of drug-likeness (QED) is 0.635. The number of aromatic nitrogens is 1. The zero-order chi connectivity index (χ0) is 21.0. The van der Waals surface area contributed by atoms with Crippen molar-refractivity contribution in [2.75, 3.05) is 32.2 Å². The molecule has 8 nitrogen and oxygen atoms in total. The van der Waals surface area contributed by atoms with Crippen LogP contribution in [0.2, 0.25) is 5.02 Å². The molecular formula is C19H22ClN3O5S. The lowest BCUT2D eigenvalue weighted by atomic mass is 10.2. The van der Waals surface area contributed by atoms with Gasteiger partial charge in [-0.1, -0.05) is 17.7 Å². The first-order valence-electron chi connectivity index (χ1n) is 9.02. The average Bonchev–Trinajstić information content (AvgIpc) is 2.70. The van der Waals surface area contributed by atoms with Gasteiger partial charge in [0.05, 0.1) is 22.4 Å². The van der Waals surface area contributed by atoms with Crippen LogP contribution < -0.4 is 10.1 Å². The molecule has 1 aliphatic rings. The lowest BCUT2D eigenvalue weighted by Crippen LogP contribution is -2.35. The van der Waals surface area contributed by atoms with Crippen molar-refractivity contribution in [2.45, 2.75) is 24.3 Å². The fraction of sp³-hybridized carbons (Fsp3) is 0.368. The first kappa shape index (κ1) is 21.5. The molecule has 3 rings (SSSR count). The van der Waals surface area contributed by atoms with E-state index in [1.54, 1.807) is 38.4 Å². The van der Waals surface area contributed by atoms with Gasteiger partial charge in [-0.3, -0.25) is 9.78 Å². The minimum atomic E-state index is -3.99. The molecule has 0 aliphatic carbocycles. The molecule has 1 aliphatic heterocycles. The number of carbonyl (C=O) groups is 1. The summed E-state index contributed by atoms with van der Waals surface area (Å²) in [5, 5.41) is 2.62. The van der Waals surface area contributed by atoms with Gasteiger partial charge < -0.3 is 14.8 Å². The average molecular weight is 440 g/mol. The van der Waals surface area contributed by atoms with E-state index in [2.05, 4.69) is 10.3 Å². The summed E-state index contributed by atoms with van der Waals surface area (Å²) in [6, 6.07) is 7.57. The normalized spacial score (nSPS) is 14.8. The minimum Gasteiger partial charge on any atom is -0.482 e. The van der Waals surface area contributed by atoms with E-state index in [4.69, 9.17) is 21.1 Å². The van der Waals surface area contributed by atoms with Gasteiger partial charge in [-0.25, -0.2) is 8.42 Å². The van der Waals surface area contributed by atoms with Crippen LogP contribution in [0.4, 0.5) is 5.69 Å². The Morgan fingerprint density at radius 2 is 2.17 bits per heavy atom. The van der Waals surface area contributed by atoms with Crippen molar-refractivity contribution in [3.8, 4) is 5.75 Å². The van der Waals surface area contributed by atoms with Crippen molar-refractivity contribution in [1.82, 2.24) is 9.29 Å². The summed E-state index contributed by atoms with van der Waals surface area (Å²) in [5.41, 5.74) is 0.958. The van der Waals surface area contributed by atoms with Crippen LogP contribution in [0, 0.1) is 0 Å². The fourth-order valence-electron chi connectivity index (χ4n) is 3.06. The third-order valence-electron chi connectivity index (χ3n) is 4.53. The summed E-state index contributed by atoms with van der Waals surface area (Å²) in [4.78, 5) is 15.7. The van der Waals surface area contributed by atoms with Crippen LogP contribution >= 0.6 is 11.6 Å². The number of nitrogens with one attached hydrogen (secondary N) is 1. The summed E-state index contributed by atoms with van der Waals surface area (Å²) >= 11 is 6.30. The van der Waals surface area contributed by atoms with E-state index in [1.807, 2.05) is 0 Å². The fourth-order valence-corrected chi connectivity index (χ4v) is 5.23. The number of methoxy groups -OCH3 is 1. The maximum Gasteiger partial charge on any atom is 0.262 e. The topological polar surface area (TPSA) is 97.8 Å². The van der Waals surface area contributed by atoms with E-state index in [1.165, 1.54) is 16.4 Å². The molecule has 156 valence electrons. The number of carbonyl (C=O) groups excluding carboxylic acids is 1. The predicted molar refractivity (Wildman–Crippen MR) is 109 cm³/mol. The molecule has 2 heterocycles. The molecule has 0 radical (unpaired) electrons. The maximum atomic E-state index is 13.5. The van der Waals surface area contributed by atoms with E-state index >= 15 is 0 Å². The van der Waals surface area contributed by atoms with Gasteiger partial charge >= 0.3 is 0 Å². The smallest absolute Gasteiger partial charge is 0.262 e. The molecule has 29 heavy (non-hydrogen) atoms. The van der Waals surface area contributed by atoms with Gasteiger partial charge in [0, 0.05) is 32.5 Å². The molecule has 1 aromatic heterocycles. The number of halogens is 1. The number of sulfonamides is 1. The third-order valence-corrected chi connectivity index (χ3v) is 6.96. The lowest BCUT2D eigenvalue weighted by molar-refractivity contribution is -0.118. The lowest BCUT2D eigenvalue weighted by Gasteiger charge is -2.29. The molecule has 0 unspecified atom stereocenters. The summed E-state index contributed by atoms with van der Waals surface area (Å²) in [5.74, 6) is -0.0657. The SMILES string of the molecule is COCCCN([C@H](C)c1ccccn1)S(=O)(=O)c1cc2c(cc1Cl)NC(=O)CO2. The molecule has 0 spiro atoms. The molecule has 10 heteroatoms. The van der Waals surface area contributed by atoms with Gasteiger partial charge in [0.1, 0.15) is 10.6 Å². The largest absolute Gasteiger partial charge is 0.482 e. The highest BCUT2D eigenvalue weighted by atomic mass is 35.5. The van der Waals surface area contributed by atoms with Gasteiger partial charge in [0.15, 0.2) is 6.61 Å². The number of rotatable bonds is 8. The number of nitrogens with zero attached hydrogens (tertiary/aromatic N) is 2. The number of amides is 1. The highest BCUT2D eigenvalue weighted by Gasteiger charge is 2.33. The van der Waals surface area contributed by atoms with E-state index in [0.29, 0.717) is 24.4 Å². The van der Waals surface area contributed by atoms with Gasteiger partial charge in [-0.2, -0.15) is 4.31 Å². The van der Waals surface area contributed by atoms with Crippen molar-refractivity contribution in [1.29, 1.82) is 0 Å². The molecule has 0 bridgehead atoms. The monoisotopic (exact) mass is 439 g/mol. The Balaban J connectivity index is 2.01. The molecule has 1 N–H and O–H groups in total. The number of hydrogen-bond acceptors (Lipinski definition) is 6. The number of hydrogen-bond donors (Lipinski definition) is 1. The molecule has 1 aromatic carbocycles. The van der Waals surface area contributed by atoms with Gasteiger partial charge in [0.25, 0.3) is 5.91 Å². The van der Waals surface area contributed by atoms with Crippen molar-refractivity contribution in [2.24, 2.45) is 0 Å². The number of benzene rings is 1. The molecule has 1 atom stereocenters. The van der Waals surface area contributed by atoms with Crippen LogP contribution in [-0.4, -0.2) is 50.5 Å². The highest BCUT2D eigenvalue weighted by Crippen LogP contribution is 2.38. The molecular weight excluding hydrogens is 418 g/mol. The van der Waals surface area contributed by atoms with E-state index < -0.39 is 16.1 Å². The number of anilines is 1. The second-order valence-electron chi connectivity index (χ2n) is 6.51. The Bertz CT molecular complexity index is 985. The number of fused-ring (bicyclic) bond motifs is 1. The Morgan fingerprint density at radius 3 is 2.86 bits per heavy atom. The Kier molecular flexibility index (Phi) is 6.74. The third kappa shape index (κ3) is 4.69. The number of ether oxygens (including phenoxy) is 2. The van der Waals surface area contributed by atoms with Crippen LogP contribution in [0.3, 0.4) is 0 Å². The van der Waals surface area contributed by atoms with Crippen molar-refractivity contribution in [3.63, 3.8) is 0 Å². The molecule has 0 fully saturated rings. The van der Waals surface area contributed by atoms with E-state index in [9.17, 15) is 13.2 Å². The zero-order valence-corrected chi connectivity index (χ0v) is 17.7. The first-order valence-corrected chi connectivity index (χ1v) is 10.8.